The van der Waals surface area contributed by atoms with E-state index in [2.05, 4.69) is 31.1 Å². The van der Waals surface area contributed by atoms with Gasteiger partial charge in [-0.1, -0.05) is 32.0 Å². The van der Waals surface area contributed by atoms with Crippen LogP contribution in [0, 0.1) is 5.92 Å². The van der Waals surface area contributed by atoms with Crippen LogP contribution in [-0.2, 0) is 4.79 Å². The van der Waals surface area contributed by atoms with E-state index in [9.17, 15) is 4.79 Å². The van der Waals surface area contributed by atoms with E-state index in [0.29, 0.717) is 17.5 Å². The van der Waals surface area contributed by atoms with Crippen LogP contribution in [0.15, 0.2) is 11.6 Å². The van der Waals surface area contributed by atoms with Crippen LogP contribution in [0.25, 0.3) is 0 Å². The van der Waals surface area contributed by atoms with Crippen LogP contribution < -0.4 is 10.6 Å². The molecule has 0 aromatic heterocycles. The number of halogens is 1. The van der Waals surface area contributed by atoms with E-state index in [1.54, 1.807) is 0 Å². The second-order valence-electron chi connectivity index (χ2n) is 4.09. The maximum atomic E-state index is 11.5. The maximum Gasteiger partial charge on any atom is 0.236 e. The number of amides is 1. The topological polar surface area (TPSA) is 41.1 Å². The number of carbonyl (C=O) groups excluding carboxylic acids is 1. The van der Waals surface area contributed by atoms with Crippen molar-refractivity contribution in [3.63, 3.8) is 0 Å². The Morgan fingerprint density at radius 2 is 2.00 bits per heavy atom. The molecule has 0 aromatic carbocycles. The number of rotatable bonds is 7. The fourth-order valence-electron chi connectivity index (χ4n) is 0.994. The molecule has 0 saturated heterocycles. The van der Waals surface area contributed by atoms with Crippen LogP contribution in [0.4, 0.5) is 0 Å². The first-order valence-electron chi connectivity index (χ1n) is 5.27. The third-order valence-corrected chi connectivity index (χ3v) is 2.15. The molecule has 15 heavy (non-hydrogen) atoms. The summed E-state index contributed by atoms with van der Waals surface area (Å²) in [5, 5.41) is 6.35. The van der Waals surface area contributed by atoms with Crippen molar-refractivity contribution in [2.75, 3.05) is 13.1 Å². The standard InChI is InChI=1S/C11H21ClN2O/c1-8(2)5-6-13-11(15)10(4)14-7-9(3)12/h8,10,14H,3,5-7H2,1-2,4H3,(H,13,15). The predicted octanol–water partition coefficient (Wildman–Crippen LogP) is 1.88. The quantitative estimate of drug-likeness (QED) is 0.704. The smallest absolute Gasteiger partial charge is 0.236 e. The minimum absolute atomic E-state index is 0.00793. The van der Waals surface area contributed by atoms with Gasteiger partial charge in [-0.15, -0.1) is 0 Å². The van der Waals surface area contributed by atoms with Crippen LogP contribution in [-0.4, -0.2) is 25.0 Å². The molecule has 1 unspecified atom stereocenters. The summed E-state index contributed by atoms with van der Waals surface area (Å²) in [7, 11) is 0. The van der Waals surface area contributed by atoms with Gasteiger partial charge in [-0.3, -0.25) is 4.79 Å². The lowest BCUT2D eigenvalue weighted by atomic mass is 10.1. The normalized spacial score (nSPS) is 12.6. The molecule has 1 atom stereocenters. The van der Waals surface area contributed by atoms with Crippen LogP contribution in [0.2, 0.25) is 0 Å². The van der Waals surface area contributed by atoms with Gasteiger partial charge in [0.1, 0.15) is 0 Å². The summed E-state index contributed by atoms with van der Waals surface area (Å²) in [5.74, 6) is 0.616. The Morgan fingerprint density at radius 3 is 2.47 bits per heavy atom. The molecule has 88 valence electrons. The molecule has 0 fully saturated rings. The first kappa shape index (κ1) is 14.5. The summed E-state index contributed by atoms with van der Waals surface area (Å²) in [6.07, 6.45) is 1.00. The van der Waals surface area contributed by atoms with Crippen LogP contribution in [0.5, 0.6) is 0 Å². The minimum atomic E-state index is -0.229. The van der Waals surface area contributed by atoms with Gasteiger partial charge < -0.3 is 10.6 Å². The molecular weight excluding hydrogens is 212 g/mol. The molecule has 4 heteroatoms. The summed E-state index contributed by atoms with van der Waals surface area (Å²) in [4.78, 5) is 11.5. The van der Waals surface area contributed by atoms with Gasteiger partial charge in [0.15, 0.2) is 0 Å². The number of carbonyl (C=O) groups is 1. The van der Waals surface area contributed by atoms with E-state index in [-0.39, 0.29) is 11.9 Å². The van der Waals surface area contributed by atoms with Crippen molar-refractivity contribution in [1.82, 2.24) is 10.6 Å². The average Bonchev–Trinajstić information content (AvgIpc) is 2.13. The molecule has 0 heterocycles. The molecule has 3 nitrogen and oxygen atoms in total. The molecule has 0 aliphatic heterocycles. The fourth-order valence-corrected chi connectivity index (χ4v) is 1.07. The summed E-state index contributed by atoms with van der Waals surface area (Å²) in [6, 6.07) is -0.229. The van der Waals surface area contributed by atoms with E-state index >= 15 is 0 Å². The van der Waals surface area contributed by atoms with Crippen molar-refractivity contribution in [3.8, 4) is 0 Å². The zero-order valence-corrected chi connectivity index (χ0v) is 10.5. The first-order valence-corrected chi connectivity index (χ1v) is 5.65. The van der Waals surface area contributed by atoms with Gasteiger partial charge >= 0.3 is 0 Å². The van der Waals surface area contributed by atoms with Gasteiger partial charge in [-0.25, -0.2) is 0 Å². The minimum Gasteiger partial charge on any atom is -0.355 e. The third-order valence-electron chi connectivity index (χ3n) is 2.01. The molecule has 0 aliphatic carbocycles. The average molecular weight is 233 g/mol. The highest BCUT2D eigenvalue weighted by Crippen LogP contribution is 1.97. The Kier molecular flexibility index (Phi) is 7.44. The van der Waals surface area contributed by atoms with Crippen molar-refractivity contribution >= 4 is 17.5 Å². The van der Waals surface area contributed by atoms with Crippen LogP contribution in [0.3, 0.4) is 0 Å². The predicted molar refractivity (Wildman–Crippen MR) is 64.9 cm³/mol. The summed E-state index contributed by atoms with van der Waals surface area (Å²) < 4.78 is 0. The van der Waals surface area contributed by atoms with Gasteiger partial charge in [0, 0.05) is 18.1 Å². The second kappa shape index (κ2) is 7.71. The van der Waals surface area contributed by atoms with Crippen molar-refractivity contribution < 1.29 is 4.79 Å². The Labute approximate surface area is 97.3 Å². The first-order chi connectivity index (χ1) is 6.93. The fraction of sp³-hybridized carbons (Fsp3) is 0.727. The van der Waals surface area contributed by atoms with E-state index in [0.717, 1.165) is 13.0 Å². The van der Waals surface area contributed by atoms with E-state index in [1.165, 1.54) is 0 Å². The summed E-state index contributed by atoms with van der Waals surface area (Å²) in [5.41, 5.74) is 0. The van der Waals surface area contributed by atoms with Crippen molar-refractivity contribution in [3.05, 3.63) is 11.6 Å². The van der Waals surface area contributed by atoms with E-state index < -0.39 is 0 Å². The van der Waals surface area contributed by atoms with Crippen molar-refractivity contribution in [2.24, 2.45) is 5.92 Å². The Hall–Kier alpha value is -0.540. The second-order valence-corrected chi connectivity index (χ2v) is 4.63. The zero-order chi connectivity index (χ0) is 11.8. The lowest BCUT2D eigenvalue weighted by Crippen LogP contribution is -2.43. The lowest BCUT2D eigenvalue weighted by Gasteiger charge is -2.14. The number of hydrogen-bond donors (Lipinski definition) is 2. The zero-order valence-electron chi connectivity index (χ0n) is 9.77. The van der Waals surface area contributed by atoms with Crippen molar-refractivity contribution in [1.29, 1.82) is 0 Å². The maximum absolute atomic E-state index is 11.5. The molecule has 0 spiro atoms. The molecule has 2 N–H and O–H groups in total. The Balaban J connectivity index is 3.64. The molecule has 0 rings (SSSR count). The van der Waals surface area contributed by atoms with Gasteiger partial charge in [-0.05, 0) is 19.3 Å². The molecule has 0 saturated carbocycles. The molecule has 0 bridgehead atoms. The molecule has 0 aliphatic rings. The van der Waals surface area contributed by atoms with Crippen LogP contribution >= 0.6 is 11.6 Å². The number of nitrogens with one attached hydrogen (secondary N) is 2. The Morgan fingerprint density at radius 1 is 1.40 bits per heavy atom. The third kappa shape index (κ3) is 8.45. The van der Waals surface area contributed by atoms with Gasteiger partial charge in [0.25, 0.3) is 0 Å². The molecule has 1 amide bonds. The Bertz CT molecular complexity index is 217. The highest BCUT2D eigenvalue weighted by molar-refractivity contribution is 6.29. The SMILES string of the molecule is C=C(Cl)CNC(C)C(=O)NCCC(C)C. The molecular formula is C11H21ClN2O. The largest absolute Gasteiger partial charge is 0.355 e. The van der Waals surface area contributed by atoms with Gasteiger partial charge in [-0.2, -0.15) is 0 Å². The highest BCUT2D eigenvalue weighted by Gasteiger charge is 2.11. The lowest BCUT2D eigenvalue weighted by molar-refractivity contribution is -0.122. The molecule has 0 radical (unpaired) electrons. The van der Waals surface area contributed by atoms with Gasteiger partial charge in [0.05, 0.1) is 6.04 Å². The van der Waals surface area contributed by atoms with Crippen LogP contribution in [0.1, 0.15) is 27.2 Å². The summed E-state index contributed by atoms with van der Waals surface area (Å²) >= 11 is 5.58. The van der Waals surface area contributed by atoms with Gasteiger partial charge in [0.2, 0.25) is 5.91 Å². The highest BCUT2D eigenvalue weighted by atomic mass is 35.5. The van der Waals surface area contributed by atoms with Crippen molar-refractivity contribution in [2.45, 2.75) is 33.2 Å². The van der Waals surface area contributed by atoms with E-state index in [1.807, 2.05) is 6.92 Å². The number of hydrogen-bond acceptors (Lipinski definition) is 2. The van der Waals surface area contributed by atoms with E-state index in [4.69, 9.17) is 11.6 Å². The molecule has 0 aromatic rings. The monoisotopic (exact) mass is 232 g/mol. The summed E-state index contributed by atoms with van der Waals surface area (Å²) in [6.45, 7) is 10.8.